The van der Waals surface area contributed by atoms with Crippen LogP contribution in [-0.4, -0.2) is 21.6 Å². The van der Waals surface area contributed by atoms with Gasteiger partial charge in [-0.2, -0.15) is 5.10 Å². The van der Waals surface area contributed by atoms with Crippen LogP contribution in [0.3, 0.4) is 0 Å². The maximum absolute atomic E-state index is 13.5. The quantitative estimate of drug-likeness (QED) is 0.862. The van der Waals surface area contributed by atoms with Gasteiger partial charge in [0, 0.05) is 29.3 Å². The van der Waals surface area contributed by atoms with Crippen molar-refractivity contribution >= 4 is 23.4 Å². The van der Waals surface area contributed by atoms with Crippen LogP contribution in [0.25, 0.3) is 0 Å². The van der Waals surface area contributed by atoms with E-state index in [-0.39, 0.29) is 11.9 Å². The molecule has 2 aromatic rings. The monoisotopic (exact) mass is 313 g/mol. The van der Waals surface area contributed by atoms with E-state index in [2.05, 4.69) is 5.10 Å². The molecule has 0 bridgehead atoms. The Kier molecular flexibility index (Phi) is 5.07. The van der Waals surface area contributed by atoms with E-state index in [1.165, 1.54) is 17.8 Å². The van der Waals surface area contributed by atoms with Crippen LogP contribution in [0.1, 0.15) is 11.3 Å². The number of benzene rings is 1. The highest BCUT2D eigenvalue weighted by atomic mass is 35.5. The molecule has 0 aliphatic rings. The summed E-state index contributed by atoms with van der Waals surface area (Å²) in [7, 11) is 1.80. The van der Waals surface area contributed by atoms with Gasteiger partial charge in [-0.1, -0.05) is 23.7 Å². The van der Waals surface area contributed by atoms with Crippen molar-refractivity contribution in [2.45, 2.75) is 24.3 Å². The lowest BCUT2D eigenvalue weighted by atomic mass is 10.1. The minimum Gasteiger partial charge on any atom is -0.327 e. The average molecular weight is 314 g/mol. The molecular weight excluding hydrogens is 297 g/mol. The number of aryl methyl sites for hydroxylation is 2. The summed E-state index contributed by atoms with van der Waals surface area (Å²) < 4.78 is 15.1. The van der Waals surface area contributed by atoms with Crippen LogP contribution in [0.4, 0.5) is 4.39 Å². The normalized spacial score (nSPS) is 12.7. The molecule has 20 heavy (non-hydrogen) atoms. The van der Waals surface area contributed by atoms with Crippen molar-refractivity contribution < 1.29 is 4.39 Å². The SMILES string of the molecule is Cc1nn(C)c(Cl)c1CC(N)CSc1ccccc1F. The van der Waals surface area contributed by atoms with Gasteiger partial charge in [0.15, 0.2) is 0 Å². The van der Waals surface area contributed by atoms with Gasteiger partial charge in [0.25, 0.3) is 0 Å². The number of nitrogens with two attached hydrogens (primary N) is 1. The largest absolute Gasteiger partial charge is 0.327 e. The molecular formula is C14H17ClFN3S. The number of hydrogen-bond acceptors (Lipinski definition) is 3. The van der Waals surface area contributed by atoms with Gasteiger partial charge in [-0.25, -0.2) is 4.39 Å². The summed E-state index contributed by atoms with van der Waals surface area (Å²) in [5.74, 6) is 0.422. The van der Waals surface area contributed by atoms with Gasteiger partial charge >= 0.3 is 0 Å². The predicted molar refractivity (Wildman–Crippen MR) is 81.8 cm³/mol. The first kappa shape index (κ1) is 15.4. The van der Waals surface area contributed by atoms with Crippen molar-refractivity contribution in [3.63, 3.8) is 0 Å². The molecule has 1 heterocycles. The Morgan fingerprint density at radius 3 is 2.75 bits per heavy atom. The van der Waals surface area contributed by atoms with Crippen LogP contribution in [-0.2, 0) is 13.5 Å². The fourth-order valence-electron chi connectivity index (χ4n) is 1.99. The fraction of sp³-hybridized carbons (Fsp3) is 0.357. The molecule has 0 spiro atoms. The number of hydrogen-bond donors (Lipinski definition) is 1. The van der Waals surface area contributed by atoms with E-state index in [1.807, 2.05) is 13.0 Å². The van der Waals surface area contributed by atoms with Crippen LogP contribution in [0, 0.1) is 12.7 Å². The van der Waals surface area contributed by atoms with Gasteiger partial charge in [-0.3, -0.25) is 4.68 Å². The number of aromatic nitrogens is 2. The second kappa shape index (κ2) is 6.61. The molecule has 108 valence electrons. The Morgan fingerprint density at radius 2 is 2.15 bits per heavy atom. The van der Waals surface area contributed by atoms with Crippen LogP contribution in [0.15, 0.2) is 29.2 Å². The summed E-state index contributed by atoms with van der Waals surface area (Å²) in [6.07, 6.45) is 0.639. The first-order valence-electron chi connectivity index (χ1n) is 6.30. The fourth-order valence-corrected chi connectivity index (χ4v) is 3.13. The summed E-state index contributed by atoms with van der Waals surface area (Å²) in [4.78, 5) is 0.622. The minimum absolute atomic E-state index is 0.0972. The lowest BCUT2D eigenvalue weighted by molar-refractivity contribution is 0.601. The average Bonchev–Trinajstić information content (AvgIpc) is 2.64. The number of nitrogens with zero attached hydrogens (tertiary/aromatic N) is 2. The van der Waals surface area contributed by atoms with Crippen LogP contribution < -0.4 is 5.73 Å². The van der Waals surface area contributed by atoms with Gasteiger partial charge in [0.05, 0.1) is 5.69 Å². The summed E-state index contributed by atoms with van der Waals surface area (Å²) in [5, 5.41) is 4.88. The van der Waals surface area contributed by atoms with Gasteiger partial charge in [-0.15, -0.1) is 11.8 Å². The van der Waals surface area contributed by atoms with E-state index in [0.29, 0.717) is 22.2 Å². The molecule has 1 atom stereocenters. The van der Waals surface area contributed by atoms with Crippen molar-refractivity contribution in [3.05, 3.63) is 46.5 Å². The van der Waals surface area contributed by atoms with E-state index in [9.17, 15) is 4.39 Å². The van der Waals surface area contributed by atoms with Crippen molar-refractivity contribution in [3.8, 4) is 0 Å². The molecule has 0 amide bonds. The molecule has 0 radical (unpaired) electrons. The molecule has 6 heteroatoms. The molecule has 0 aliphatic heterocycles. The maximum atomic E-state index is 13.5. The Balaban J connectivity index is 1.96. The number of rotatable bonds is 5. The zero-order valence-electron chi connectivity index (χ0n) is 11.4. The van der Waals surface area contributed by atoms with Crippen LogP contribution >= 0.6 is 23.4 Å². The minimum atomic E-state index is -0.208. The molecule has 1 unspecified atom stereocenters. The Labute approximate surface area is 127 Å². The van der Waals surface area contributed by atoms with Gasteiger partial charge < -0.3 is 5.73 Å². The first-order chi connectivity index (χ1) is 9.49. The maximum Gasteiger partial charge on any atom is 0.136 e. The molecule has 0 saturated carbocycles. The highest BCUT2D eigenvalue weighted by Crippen LogP contribution is 2.24. The second-order valence-electron chi connectivity index (χ2n) is 4.68. The van der Waals surface area contributed by atoms with Crippen LogP contribution in [0.2, 0.25) is 5.15 Å². The summed E-state index contributed by atoms with van der Waals surface area (Å²) >= 11 is 7.60. The summed E-state index contributed by atoms with van der Waals surface area (Å²) in [6.45, 7) is 1.91. The highest BCUT2D eigenvalue weighted by Gasteiger charge is 2.15. The number of halogens is 2. The summed E-state index contributed by atoms with van der Waals surface area (Å²) in [6, 6.07) is 6.61. The molecule has 0 aliphatic carbocycles. The molecule has 1 aromatic heterocycles. The number of thioether (sulfide) groups is 1. The van der Waals surface area contributed by atoms with E-state index in [4.69, 9.17) is 17.3 Å². The predicted octanol–water partition coefficient (Wildman–Crippen LogP) is 3.18. The molecule has 1 aromatic carbocycles. The van der Waals surface area contributed by atoms with Gasteiger partial charge in [-0.05, 0) is 25.5 Å². The standard InChI is InChI=1S/C14H17ClFN3S/c1-9-11(14(15)19(2)18-9)7-10(17)8-20-13-6-4-3-5-12(13)16/h3-6,10H,7-8,17H2,1-2H3. The Hall–Kier alpha value is -1.04. The third-order valence-corrected chi connectivity index (χ3v) is 4.74. The lowest BCUT2D eigenvalue weighted by Gasteiger charge is -2.11. The zero-order chi connectivity index (χ0) is 14.7. The molecule has 0 saturated heterocycles. The van der Waals surface area contributed by atoms with E-state index < -0.39 is 0 Å². The Bertz CT molecular complexity index is 600. The topological polar surface area (TPSA) is 43.8 Å². The summed E-state index contributed by atoms with van der Waals surface area (Å²) in [5.41, 5.74) is 7.97. The van der Waals surface area contributed by atoms with Crippen LogP contribution in [0.5, 0.6) is 0 Å². The third kappa shape index (κ3) is 3.53. The molecule has 0 fully saturated rings. The smallest absolute Gasteiger partial charge is 0.136 e. The zero-order valence-corrected chi connectivity index (χ0v) is 13.0. The van der Waals surface area contributed by atoms with Crippen molar-refractivity contribution in [2.75, 3.05) is 5.75 Å². The molecule has 3 nitrogen and oxygen atoms in total. The second-order valence-corrected chi connectivity index (χ2v) is 6.10. The van der Waals surface area contributed by atoms with Gasteiger partial charge in [0.2, 0.25) is 0 Å². The van der Waals surface area contributed by atoms with Crippen molar-refractivity contribution in [1.82, 2.24) is 9.78 Å². The molecule has 2 N–H and O–H groups in total. The van der Waals surface area contributed by atoms with E-state index >= 15 is 0 Å². The van der Waals surface area contributed by atoms with Crippen molar-refractivity contribution in [1.29, 1.82) is 0 Å². The van der Waals surface area contributed by atoms with Crippen molar-refractivity contribution in [2.24, 2.45) is 12.8 Å². The first-order valence-corrected chi connectivity index (χ1v) is 7.66. The van der Waals surface area contributed by atoms with E-state index in [0.717, 1.165) is 11.3 Å². The molecule has 2 rings (SSSR count). The lowest BCUT2D eigenvalue weighted by Crippen LogP contribution is -2.26. The highest BCUT2D eigenvalue weighted by molar-refractivity contribution is 7.99. The Morgan fingerprint density at radius 1 is 1.45 bits per heavy atom. The van der Waals surface area contributed by atoms with Gasteiger partial charge in [0.1, 0.15) is 11.0 Å². The third-order valence-electron chi connectivity index (χ3n) is 3.03. The van der Waals surface area contributed by atoms with E-state index in [1.54, 1.807) is 23.9 Å².